The number of amides is 2. The highest BCUT2D eigenvalue weighted by Gasteiger charge is 2.26. The van der Waals surface area contributed by atoms with E-state index in [1.54, 1.807) is 9.80 Å². The molecule has 0 spiro atoms. The van der Waals surface area contributed by atoms with Crippen LogP contribution in [0, 0.1) is 0 Å². The molecule has 1 saturated heterocycles. The Morgan fingerprint density at radius 3 is 1.89 bits per heavy atom. The Bertz CT molecular complexity index is 1220. The third-order valence-corrected chi connectivity index (χ3v) is 6.58. The number of nitrogens with zero attached hydrogens (tertiary/aromatic N) is 2. The Balaban J connectivity index is 1.49. The van der Waals surface area contributed by atoms with Crippen LogP contribution in [-0.4, -0.2) is 59.4 Å². The maximum atomic E-state index is 12.5. The minimum absolute atomic E-state index is 0.229. The van der Waals surface area contributed by atoms with Gasteiger partial charge in [0, 0.05) is 26.2 Å². The van der Waals surface area contributed by atoms with Crippen molar-refractivity contribution in [3.8, 4) is 0 Å². The van der Waals surface area contributed by atoms with Gasteiger partial charge in [-0.2, -0.15) is 0 Å². The highest BCUT2D eigenvalue weighted by Crippen LogP contribution is 2.33. The number of fused-ring (bicyclic) bond motifs is 1. The normalized spacial score (nSPS) is 16.9. The van der Waals surface area contributed by atoms with Crippen LogP contribution in [0.15, 0.2) is 48.0 Å². The molecular formula is C31H40N2O4. The molecule has 198 valence electrons. The van der Waals surface area contributed by atoms with Crippen molar-refractivity contribution in [2.24, 2.45) is 0 Å². The zero-order valence-corrected chi connectivity index (χ0v) is 23.1. The van der Waals surface area contributed by atoms with Gasteiger partial charge >= 0.3 is 12.2 Å². The van der Waals surface area contributed by atoms with Crippen LogP contribution in [0.25, 0.3) is 22.4 Å². The lowest BCUT2D eigenvalue weighted by Crippen LogP contribution is -2.40. The molecule has 2 aliphatic rings. The van der Waals surface area contributed by atoms with Crippen molar-refractivity contribution in [3.05, 3.63) is 59.2 Å². The first-order valence-corrected chi connectivity index (χ1v) is 13.3. The predicted octanol–water partition coefficient (Wildman–Crippen LogP) is 7.28. The molecular weight excluding hydrogens is 464 g/mol. The van der Waals surface area contributed by atoms with Crippen LogP contribution in [0.3, 0.4) is 0 Å². The molecule has 2 aliphatic heterocycles. The van der Waals surface area contributed by atoms with Crippen LogP contribution in [0.5, 0.6) is 0 Å². The first-order chi connectivity index (χ1) is 17.4. The van der Waals surface area contributed by atoms with Crippen molar-refractivity contribution in [1.82, 2.24) is 9.80 Å². The van der Waals surface area contributed by atoms with Gasteiger partial charge in [0.15, 0.2) is 0 Å². The molecule has 4 rings (SSSR count). The van der Waals surface area contributed by atoms with Gasteiger partial charge in [0.2, 0.25) is 0 Å². The molecule has 1 fully saturated rings. The Morgan fingerprint density at radius 1 is 0.757 bits per heavy atom. The van der Waals surface area contributed by atoms with Gasteiger partial charge in [-0.3, -0.25) is 0 Å². The van der Waals surface area contributed by atoms with Gasteiger partial charge in [-0.15, -0.1) is 0 Å². The molecule has 2 aromatic carbocycles. The van der Waals surface area contributed by atoms with Gasteiger partial charge in [-0.1, -0.05) is 54.1 Å². The van der Waals surface area contributed by atoms with Gasteiger partial charge in [-0.25, -0.2) is 9.59 Å². The zero-order valence-electron chi connectivity index (χ0n) is 23.1. The summed E-state index contributed by atoms with van der Waals surface area (Å²) in [7, 11) is 0. The van der Waals surface area contributed by atoms with Gasteiger partial charge in [0.25, 0.3) is 0 Å². The quantitative estimate of drug-likeness (QED) is 0.431. The number of hydrogen-bond donors (Lipinski definition) is 0. The van der Waals surface area contributed by atoms with Crippen molar-refractivity contribution in [2.45, 2.75) is 72.0 Å². The molecule has 6 heteroatoms. The molecule has 2 heterocycles. The Kier molecular flexibility index (Phi) is 7.67. The second kappa shape index (κ2) is 10.6. The van der Waals surface area contributed by atoms with E-state index in [0.717, 1.165) is 19.3 Å². The zero-order chi connectivity index (χ0) is 26.8. The first-order valence-electron chi connectivity index (χ1n) is 13.3. The Labute approximate surface area is 220 Å². The lowest BCUT2D eigenvalue weighted by Gasteiger charge is -2.31. The maximum absolute atomic E-state index is 12.5. The van der Waals surface area contributed by atoms with E-state index in [-0.39, 0.29) is 12.2 Å². The van der Waals surface area contributed by atoms with Gasteiger partial charge in [0.1, 0.15) is 11.2 Å². The summed E-state index contributed by atoms with van der Waals surface area (Å²) in [5.41, 5.74) is 4.07. The van der Waals surface area contributed by atoms with E-state index < -0.39 is 11.2 Å². The number of rotatable bonds is 2. The average Bonchev–Trinajstić information content (AvgIpc) is 2.83. The van der Waals surface area contributed by atoms with Crippen molar-refractivity contribution >= 4 is 34.6 Å². The maximum Gasteiger partial charge on any atom is 0.410 e. The van der Waals surface area contributed by atoms with Crippen molar-refractivity contribution in [1.29, 1.82) is 0 Å². The van der Waals surface area contributed by atoms with Crippen LogP contribution in [0.4, 0.5) is 9.59 Å². The topological polar surface area (TPSA) is 59.1 Å². The van der Waals surface area contributed by atoms with Crippen molar-refractivity contribution in [3.63, 3.8) is 0 Å². The van der Waals surface area contributed by atoms with Crippen LogP contribution in [0.2, 0.25) is 0 Å². The number of benzene rings is 2. The second-order valence-corrected chi connectivity index (χ2v) is 11.9. The van der Waals surface area contributed by atoms with E-state index in [1.165, 1.54) is 33.0 Å². The van der Waals surface area contributed by atoms with Gasteiger partial charge in [0.05, 0.1) is 0 Å². The molecule has 37 heavy (non-hydrogen) atoms. The highest BCUT2D eigenvalue weighted by molar-refractivity contribution is 5.99. The summed E-state index contributed by atoms with van der Waals surface area (Å²) in [6.45, 7) is 13.9. The summed E-state index contributed by atoms with van der Waals surface area (Å²) in [5, 5.41) is 2.44. The van der Waals surface area contributed by atoms with E-state index in [0.29, 0.717) is 26.2 Å². The molecule has 0 atom stereocenters. The fourth-order valence-electron chi connectivity index (χ4n) is 4.80. The van der Waals surface area contributed by atoms with Crippen LogP contribution >= 0.6 is 0 Å². The van der Waals surface area contributed by atoms with Crippen LogP contribution < -0.4 is 0 Å². The van der Waals surface area contributed by atoms with Crippen molar-refractivity contribution < 1.29 is 19.1 Å². The fraction of sp³-hybridized carbons (Fsp3) is 0.484. The minimum Gasteiger partial charge on any atom is -0.444 e. The summed E-state index contributed by atoms with van der Waals surface area (Å²) >= 11 is 0. The number of carbonyl (C=O) groups excluding carboxylic acids is 2. The van der Waals surface area contributed by atoms with Crippen LogP contribution in [0.1, 0.15) is 71.9 Å². The molecule has 0 radical (unpaired) electrons. The molecule has 6 nitrogen and oxygen atoms in total. The second-order valence-electron chi connectivity index (χ2n) is 11.9. The number of piperidine rings is 1. The van der Waals surface area contributed by atoms with E-state index in [2.05, 4.69) is 48.6 Å². The third kappa shape index (κ3) is 6.94. The Hall–Kier alpha value is -3.28. The van der Waals surface area contributed by atoms with E-state index >= 15 is 0 Å². The highest BCUT2D eigenvalue weighted by atomic mass is 16.6. The van der Waals surface area contributed by atoms with Gasteiger partial charge < -0.3 is 19.3 Å². The third-order valence-electron chi connectivity index (χ3n) is 6.58. The molecule has 0 saturated carbocycles. The molecule has 0 N–H and O–H groups in total. The smallest absolute Gasteiger partial charge is 0.410 e. The van der Waals surface area contributed by atoms with Crippen molar-refractivity contribution in [2.75, 3.05) is 26.2 Å². The molecule has 0 aromatic heterocycles. The lowest BCUT2D eigenvalue weighted by atomic mass is 9.90. The lowest BCUT2D eigenvalue weighted by molar-refractivity contribution is 0.0234. The molecule has 0 aliphatic carbocycles. The summed E-state index contributed by atoms with van der Waals surface area (Å²) < 4.78 is 11.1. The summed E-state index contributed by atoms with van der Waals surface area (Å²) in [6, 6.07) is 12.9. The Morgan fingerprint density at radius 2 is 1.32 bits per heavy atom. The largest absolute Gasteiger partial charge is 0.444 e. The molecule has 0 unspecified atom stereocenters. The fourth-order valence-corrected chi connectivity index (χ4v) is 4.80. The van der Waals surface area contributed by atoms with E-state index in [4.69, 9.17) is 9.47 Å². The molecule has 2 aromatic rings. The number of carbonyl (C=O) groups is 2. The number of ether oxygens (including phenoxy) is 2. The standard InChI is InChI=1S/C31H40N2O4/c1-30(2,3)36-28(34)32-17-13-22(14-18-32)21-24-11-12-26(27-10-8-7-9-25(24)27)23-15-19-33(20-16-23)29(35)37-31(4,5)6/h7-12,15,21H,13-14,16-20H2,1-6H3. The van der Waals surface area contributed by atoms with E-state index in [9.17, 15) is 9.59 Å². The van der Waals surface area contributed by atoms with Gasteiger partial charge in [-0.05, 0) is 88.3 Å². The average molecular weight is 505 g/mol. The van der Waals surface area contributed by atoms with Crippen LogP contribution in [-0.2, 0) is 9.47 Å². The number of likely N-dealkylation sites (tertiary alicyclic amines) is 1. The molecule has 2 amide bonds. The summed E-state index contributed by atoms with van der Waals surface area (Å²) in [4.78, 5) is 28.4. The first kappa shape index (κ1) is 26.8. The summed E-state index contributed by atoms with van der Waals surface area (Å²) in [6.07, 6.45) is 6.45. The molecule has 0 bridgehead atoms. The SMILES string of the molecule is CC(C)(C)OC(=O)N1CC=C(c2ccc(C=C3CCN(C(=O)OC(C)(C)C)CC3)c3ccccc23)CC1. The minimum atomic E-state index is -0.492. The summed E-state index contributed by atoms with van der Waals surface area (Å²) in [5.74, 6) is 0. The monoisotopic (exact) mass is 504 g/mol. The number of hydrogen-bond acceptors (Lipinski definition) is 4. The van der Waals surface area contributed by atoms with E-state index in [1.807, 2.05) is 41.5 Å². The predicted molar refractivity (Wildman–Crippen MR) is 149 cm³/mol.